The van der Waals surface area contributed by atoms with Crippen molar-refractivity contribution < 1.29 is 10.2 Å². The van der Waals surface area contributed by atoms with Crippen molar-refractivity contribution in [2.75, 3.05) is 0 Å². The third kappa shape index (κ3) is 1.64. The molecule has 0 aromatic heterocycles. The van der Waals surface area contributed by atoms with Crippen molar-refractivity contribution in [2.24, 2.45) is 17.3 Å². The average molecular weight is 276 g/mol. The molecular formula is C18H28O2. The molecule has 4 aliphatic rings. The van der Waals surface area contributed by atoms with E-state index in [1.807, 2.05) is 0 Å². The van der Waals surface area contributed by atoms with E-state index in [2.05, 4.69) is 6.92 Å². The van der Waals surface area contributed by atoms with E-state index in [0.29, 0.717) is 11.8 Å². The van der Waals surface area contributed by atoms with Crippen molar-refractivity contribution in [1.29, 1.82) is 0 Å². The Morgan fingerprint density at radius 2 is 1.85 bits per heavy atom. The lowest BCUT2D eigenvalue weighted by atomic mass is 9.55. The predicted molar refractivity (Wildman–Crippen MR) is 79.2 cm³/mol. The van der Waals surface area contributed by atoms with Gasteiger partial charge in [-0.3, -0.25) is 0 Å². The highest BCUT2D eigenvalue weighted by molar-refractivity contribution is 5.34. The molecule has 2 nitrogen and oxygen atoms in total. The van der Waals surface area contributed by atoms with E-state index >= 15 is 0 Å². The molecule has 0 unspecified atom stereocenters. The van der Waals surface area contributed by atoms with Crippen molar-refractivity contribution in [2.45, 2.75) is 82.8 Å². The van der Waals surface area contributed by atoms with Crippen LogP contribution in [0.1, 0.15) is 71.1 Å². The topological polar surface area (TPSA) is 40.5 Å². The Morgan fingerprint density at radius 3 is 2.70 bits per heavy atom. The molecule has 2 heteroatoms. The van der Waals surface area contributed by atoms with Crippen molar-refractivity contribution in [3.05, 3.63) is 11.1 Å². The van der Waals surface area contributed by atoms with Crippen LogP contribution >= 0.6 is 0 Å². The van der Waals surface area contributed by atoms with Crippen LogP contribution in [-0.4, -0.2) is 21.9 Å². The van der Waals surface area contributed by atoms with Gasteiger partial charge in [-0.2, -0.15) is 0 Å². The molecule has 4 rings (SSSR count). The highest BCUT2D eigenvalue weighted by Gasteiger charge is 2.55. The van der Waals surface area contributed by atoms with Gasteiger partial charge in [0.2, 0.25) is 0 Å². The number of aliphatic hydroxyl groups excluding tert-OH is 1. The molecule has 0 aromatic rings. The minimum Gasteiger partial charge on any atom is -0.393 e. The summed E-state index contributed by atoms with van der Waals surface area (Å²) in [7, 11) is 0. The fourth-order valence-electron chi connectivity index (χ4n) is 6.07. The molecule has 3 fully saturated rings. The quantitative estimate of drug-likeness (QED) is 0.664. The molecule has 3 saturated carbocycles. The van der Waals surface area contributed by atoms with Gasteiger partial charge >= 0.3 is 0 Å². The Hall–Kier alpha value is -0.340. The van der Waals surface area contributed by atoms with Gasteiger partial charge in [-0.1, -0.05) is 12.5 Å². The van der Waals surface area contributed by atoms with Gasteiger partial charge in [0, 0.05) is 0 Å². The fourth-order valence-corrected chi connectivity index (χ4v) is 6.07. The molecule has 20 heavy (non-hydrogen) atoms. The molecule has 0 aliphatic heterocycles. The third-order valence-electron chi connectivity index (χ3n) is 7.31. The van der Waals surface area contributed by atoms with Crippen molar-refractivity contribution >= 4 is 0 Å². The molecule has 0 amide bonds. The van der Waals surface area contributed by atoms with Gasteiger partial charge in [0.25, 0.3) is 0 Å². The van der Waals surface area contributed by atoms with E-state index in [-0.39, 0.29) is 11.5 Å². The zero-order chi connectivity index (χ0) is 14.0. The Kier molecular flexibility index (Phi) is 2.89. The van der Waals surface area contributed by atoms with Crippen LogP contribution in [0.4, 0.5) is 0 Å². The Bertz CT molecular complexity index is 454. The van der Waals surface area contributed by atoms with Crippen LogP contribution in [0, 0.1) is 17.3 Å². The lowest BCUT2D eigenvalue weighted by molar-refractivity contribution is -0.0209. The summed E-state index contributed by atoms with van der Waals surface area (Å²) in [4.78, 5) is 0. The molecule has 5 atom stereocenters. The summed E-state index contributed by atoms with van der Waals surface area (Å²) in [5.41, 5.74) is 2.76. The highest BCUT2D eigenvalue weighted by atomic mass is 16.3. The SMILES string of the molecule is C[C@]12CCC3=C4CCCC[C@]4(O)CC[C@H]3[C@@H]1CC[C@@H]2O. The average Bonchev–Trinajstić information content (AvgIpc) is 2.74. The Balaban J connectivity index is 1.73. The summed E-state index contributed by atoms with van der Waals surface area (Å²) >= 11 is 0. The van der Waals surface area contributed by atoms with Crippen LogP contribution in [0.5, 0.6) is 0 Å². The Morgan fingerprint density at radius 1 is 1.00 bits per heavy atom. The van der Waals surface area contributed by atoms with Crippen LogP contribution in [0.2, 0.25) is 0 Å². The minimum atomic E-state index is -0.449. The lowest BCUT2D eigenvalue weighted by Crippen LogP contribution is -2.46. The second kappa shape index (κ2) is 4.33. The highest BCUT2D eigenvalue weighted by Crippen LogP contribution is 2.61. The van der Waals surface area contributed by atoms with Gasteiger partial charge in [0.05, 0.1) is 11.7 Å². The van der Waals surface area contributed by atoms with Crippen LogP contribution in [0.25, 0.3) is 0 Å². The second-order valence-electron chi connectivity index (χ2n) is 8.09. The number of hydrogen-bond acceptors (Lipinski definition) is 2. The monoisotopic (exact) mass is 276 g/mol. The number of rotatable bonds is 0. The maximum atomic E-state index is 11.0. The predicted octanol–water partition coefficient (Wildman–Crippen LogP) is 3.57. The fraction of sp³-hybridized carbons (Fsp3) is 0.889. The van der Waals surface area contributed by atoms with E-state index in [1.165, 1.54) is 24.8 Å². The number of allylic oxidation sites excluding steroid dienone is 1. The lowest BCUT2D eigenvalue weighted by Gasteiger charge is -2.51. The second-order valence-corrected chi connectivity index (χ2v) is 8.09. The first-order valence-electron chi connectivity index (χ1n) is 8.67. The summed E-state index contributed by atoms with van der Waals surface area (Å²) in [5.74, 6) is 1.33. The summed E-state index contributed by atoms with van der Waals surface area (Å²) in [5, 5.41) is 21.4. The summed E-state index contributed by atoms with van der Waals surface area (Å²) in [6.45, 7) is 2.32. The molecule has 112 valence electrons. The first-order valence-corrected chi connectivity index (χ1v) is 8.67. The maximum absolute atomic E-state index is 11.0. The molecule has 0 heterocycles. The van der Waals surface area contributed by atoms with E-state index in [1.54, 1.807) is 5.57 Å². The van der Waals surface area contributed by atoms with E-state index in [0.717, 1.165) is 44.9 Å². The third-order valence-corrected chi connectivity index (χ3v) is 7.31. The zero-order valence-corrected chi connectivity index (χ0v) is 12.7. The standard InChI is InChI=1S/C18H28O2/c1-17-10-7-13-12(14(17)5-6-16(17)19)8-11-18(20)9-3-2-4-15(13)18/h12,14,16,19-20H,2-11H2,1H3/t12-,14+,16+,17+,18+/m1/s1. The van der Waals surface area contributed by atoms with E-state index in [9.17, 15) is 10.2 Å². The van der Waals surface area contributed by atoms with E-state index < -0.39 is 5.60 Å². The van der Waals surface area contributed by atoms with Gasteiger partial charge in [-0.15, -0.1) is 0 Å². The number of fused-ring (bicyclic) bond motifs is 4. The molecule has 0 radical (unpaired) electrons. The van der Waals surface area contributed by atoms with Crippen molar-refractivity contribution in [1.82, 2.24) is 0 Å². The molecule has 4 aliphatic carbocycles. The summed E-state index contributed by atoms with van der Waals surface area (Å²) in [6.07, 6.45) is 11.1. The van der Waals surface area contributed by atoms with E-state index in [4.69, 9.17) is 0 Å². The maximum Gasteiger partial charge on any atom is 0.0859 e. The summed E-state index contributed by atoms with van der Waals surface area (Å²) < 4.78 is 0. The van der Waals surface area contributed by atoms with Crippen LogP contribution in [0.3, 0.4) is 0 Å². The molecule has 2 N–H and O–H groups in total. The van der Waals surface area contributed by atoms with Crippen molar-refractivity contribution in [3.63, 3.8) is 0 Å². The molecule has 0 saturated heterocycles. The normalized spacial score (nSPS) is 51.5. The van der Waals surface area contributed by atoms with Crippen molar-refractivity contribution in [3.8, 4) is 0 Å². The van der Waals surface area contributed by atoms with Gasteiger partial charge in [0.1, 0.15) is 0 Å². The minimum absolute atomic E-state index is 0.0915. The van der Waals surface area contributed by atoms with Crippen LogP contribution in [-0.2, 0) is 0 Å². The number of hydrogen-bond donors (Lipinski definition) is 2. The van der Waals surface area contributed by atoms with Gasteiger partial charge in [-0.25, -0.2) is 0 Å². The Labute approximate surface area is 122 Å². The molecule has 0 bridgehead atoms. The number of aliphatic hydroxyl groups is 2. The zero-order valence-electron chi connectivity index (χ0n) is 12.7. The van der Waals surface area contributed by atoms with Crippen LogP contribution < -0.4 is 0 Å². The van der Waals surface area contributed by atoms with Gasteiger partial charge in [0.15, 0.2) is 0 Å². The molecule has 0 spiro atoms. The molecule has 0 aromatic carbocycles. The first kappa shape index (κ1) is 13.3. The van der Waals surface area contributed by atoms with Crippen LogP contribution in [0.15, 0.2) is 11.1 Å². The van der Waals surface area contributed by atoms with Gasteiger partial charge in [-0.05, 0) is 87.0 Å². The largest absolute Gasteiger partial charge is 0.393 e. The first-order chi connectivity index (χ1) is 9.55. The van der Waals surface area contributed by atoms with Gasteiger partial charge < -0.3 is 10.2 Å². The summed E-state index contributed by atoms with van der Waals surface area (Å²) in [6, 6.07) is 0. The smallest absolute Gasteiger partial charge is 0.0859 e. The molecular weight excluding hydrogens is 248 g/mol.